The predicted molar refractivity (Wildman–Crippen MR) is 99.8 cm³/mol. The summed E-state index contributed by atoms with van der Waals surface area (Å²) >= 11 is 2.37. The molecule has 0 aliphatic heterocycles. The van der Waals surface area contributed by atoms with Crippen molar-refractivity contribution in [2.45, 2.75) is 49.9 Å². The van der Waals surface area contributed by atoms with Crippen LogP contribution in [0, 0.1) is 0 Å². The first-order valence-corrected chi connectivity index (χ1v) is 10.3. The molecule has 0 unspecified atom stereocenters. The highest BCUT2D eigenvalue weighted by Gasteiger charge is 2.32. The van der Waals surface area contributed by atoms with E-state index in [2.05, 4.69) is 9.97 Å². The van der Waals surface area contributed by atoms with Crippen molar-refractivity contribution >= 4 is 45.3 Å². The molecule has 0 saturated carbocycles. The van der Waals surface area contributed by atoms with Crippen molar-refractivity contribution in [1.29, 1.82) is 0 Å². The number of carbonyl (C=O) groups excluding carboxylic acids is 2. The summed E-state index contributed by atoms with van der Waals surface area (Å²) in [5.41, 5.74) is 0.859. The molecule has 26 heavy (non-hydrogen) atoms. The van der Waals surface area contributed by atoms with Crippen LogP contribution in [0.25, 0.3) is 10.2 Å². The van der Waals surface area contributed by atoms with Crippen LogP contribution in [0.5, 0.6) is 0 Å². The van der Waals surface area contributed by atoms with Crippen LogP contribution in [0.1, 0.15) is 37.1 Å². The van der Waals surface area contributed by atoms with Crippen LogP contribution >= 0.6 is 23.1 Å². The molecule has 1 aliphatic carbocycles. The normalized spacial score (nSPS) is 13.7. The van der Waals surface area contributed by atoms with Crippen molar-refractivity contribution < 1.29 is 19.1 Å². The number of hydrogen-bond acceptors (Lipinski definition) is 8. The number of nitrogens with zero attached hydrogens (tertiary/aromatic N) is 1. The van der Waals surface area contributed by atoms with Crippen LogP contribution in [-0.4, -0.2) is 40.4 Å². The molecule has 0 aromatic carbocycles. The number of carbonyl (C=O) groups is 2. The van der Waals surface area contributed by atoms with Crippen LogP contribution in [0.2, 0.25) is 0 Å². The molecule has 0 atom stereocenters. The van der Waals surface area contributed by atoms with Crippen LogP contribution in [0.15, 0.2) is 9.95 Å². The van der Waals surface area contributed by atoms with Crippen LogP contribution in [-0.2, 0) is 31.9 Å². The SMILES string of the molecule is CCOC(=O)C(Sc1nc2sc3c(c2c(=O)[nH]1)CCCC3)C(=O)OCC. The van der Waals surface area contributed by atoms with Crippen molar-refractivity contribution in [1.82, 2.24) is 9.97 Å². The zero-order chi connectivity index (χ0) is 18.7. The molecule has 2 aromatic rings. The molecule has 3 rings (SSSR count). The molecule has 1 aliphatic rings. The Bertz CT molecular complexity index is 871. The lowest BCUT2D eigenvalue weighted by atomic mass is 9.97. The first-order valence-electron chi connectivity index (χ1n) is 8.59. The summed E-state index contributed by atoms with van der Waals surface area (Å²) in [5, 5.41) is -0.366. The summed E-state index contributed by atoms with van der Waals surface area (Å²) in [6, 6.07) is 0. The Morgan fingerprint density at radius 2 is 1.85 bits per heavy atom. The Morgan fingerprint density at radius 3 is 2.50 bits per heavy atom. The van der Waals surface area contributed by atoms with Gasteiger partial charge < -0.3 is 14.5 Å². The lowest BCUT2D eigenvalue weighted by Crippen LogP contribution is -2.31. The smallest absolute Gasteiger partial charge is 0.331 e. The minimum atomic E-state index is -1.22. The predicted octanol–water partition coefficient (Wildman–Crippen LogP) is 2.45. The fraction of sp³-hybridized carbons (Fsp3) is 0.529. The molecule has 0 amide bonds. The average molecular weight is 396 g/mol. The Labute approximate surface area is 158 Å². The molecule has 0 bridgehead atoms. The minimum Gasteiger partial charge on any atom is -0.465 e. The number of nitrogens with one attached hydrogen (secondary N) is 1. The largest absolute Gasteiger partial charge is 0.465 e. The monoisotopic (exact) mass is 396 g/mol. The van der Waals surface area contributed by atoms with E-state index in [0.29, 0.717) is 10.2 Å². The molecule has 140 valence electrons. The summed E-state index contributed by atoms with van der Waals surface area (Å²) in [6.45, 7) is 3.62. The van der Waals surface area contributed by atoms with Gasteiger partial charge in [-0.15, -0.1) is 11.3 Å². The molecule has 2 aromatic heterocycles. The standard InChI is InChI=1S/C17H20N2O5S2/c1-3-23-15(21)12(16(22)24-4-2)26-17-18-13(20)11-9-7-5-6-8-10(9)25-14(11)19-17/h12H,3-8H2,1-2H3,(H,18,19,20). The van der Waals surface area contributed by atoms with Crippen molar-refractivity contribution in [2.24, 2.45) is 0 Å². The second-order valence-corrected chi connectivity index (χ2v) is 7.94. The van der Waals surface area contributed by atoms with E-state index in [1.807, 2.05) is 0 Å². The number of esters is 2. The number of aromatic nitrogens is 2. The molecule has 0 radical (unpaired) electrons. The number of rotatable bonds is 6. The van der Waals surface area contributed by atoms with Crippen molar-refractivity contribution in [3.63, 3.8) is 0 Å². The second-order valence-electron chi connectivity index (χ2n) is 5.76. The van der Waals surface area contributed by atoms with Gasteiger partial charge in [0.25, 0.3) is 5.56 Å². The van der Waals surface area contributed by atoms with E-state index in [4.69, 9.17) is 9.47 Å². The maximum Gasteiger partial charge on any atom is 0.331 e. The summed E-state index contributed by atoms with van der Waals surface area (Å²) in [4.78, 5) is 45.8. The zero-order valence-electron chi connectivity index (χ0n) is 14.6. The fourth-order valence-electron chi connectivity index (χ4n) is 2.94. The van der Waals surface area contributed by atoms with E-state index >= 15 is 0 Å². The topological polar surface area (TPSA) is 98.4 Å². The third-order valence-corrected chi connectivity index (χ3v) is 6.26. The summed E-state index contributed by atoms with van der Waals surface area (Å²) in [6.07, 6.45) is 4.04. The summed E-state index contributed by atoms with van der Waals surface area (Å²) in [7, 11) is 0. The number of thiophene rings is 1. The van der Waals surface area contributed by atoms with E-state index in [1.165, 1.54) is 16.2 Å². The Hall–Kier alpha value is -1.87. The first-order chi connectivity index (χ1) is 12.5. The van der Waals surface area contributed by atoms with E-state index in [9.17, 15) is 14.4 Å². The molecule has 0 spiro atoms. The zero-order valence-corrected chi connectivity index (χ0v) is 16.3. The van der Waals surface area contributed by atoms with Crippen LogP contribution < -0.4 is 5.56 Å². The summed E-state index contributed by atoms with van der Waals surface area (Å²) in [5.74, 6) is -1.41. The van der Waals surface area contributed by atoms with Crippen molar-refractivity contribution in [2.75, 3.05) is 13.2 Å². The van der Waals surface area contributed by atoms with Gasteiger partial charge in [0, 0.05) is 4.88 Å². The van der Waals surface area contributed by atoms with E-state index in [0.717, 1.165) is 43.0 Å². The minimum absolute atomic E-state index is 0.149. The third kappa shape index (κ3) is 3.78. The molecule has 9 heteroatoms. The van der Waals surface area contributed by atoms with Crippen molar-refractivity contribution in [3.8, 4) is 0 Å². The molecule has 0 fully saturated rings. The van der Waals surface area contributed by atoms with Gasteiger partial charge in [0.2, 0.25) is 5.25 Å². The number of aryl methyl sites for hydroxylation is 2. The Morgan fingerprint density at radius 1 is 1.19 bits per heavy atom. The quantitative estimate of drug-likeness (QED) is 0.347. The van der Waals surface area contributed by atoms with Gasteiger partial charge in [0.05, 0.1) is 18.6 Å². The molecule has 7 nitrogen and oxygen atoms in total. The number of aromatic amines is 1. The van der Waals surface area contributed by atoms with Gasteiger partial charge >= 0.3 is 11.9 Å². The molecular weight excluding hydrogens is 376 g/mol. The van der Waals surface area contributed by atoms with E-state index in [1.54, 1.807) is 13.8 Å². The maximum absolute atomic E-state index is 12.6. The average Bonchev–Trinajstić information content (AvgIpc) is 2.98. The van der Waals surface area contributed by atoms with Gasteiger partial charge in [-0.2, -0.15) is 0 Å². The fourth-order valence-corrected chi connectivity index (χ4v) is 5.11. The first kappa shape index (κ1) is 18.9. The molecule has 1 N–H and O–H groups in total. The highest BCUT2D eigenvalue weighted by molar-refractivity contribution is 8.01. The summed E-state index contributed by atoms with van der Waals surface area (Å²) < 4.78 is 9.90. The van der Waals surface area contributed by atoms with Crippen molar-refractivity contribution in [3.05, 3.63) is 20.8 Å². The molecule has 2 heterocycles. The number of H-pyrrole nitrogens is 1. The van der Waals surface area contributed by atoms with Crippen LogP contribution in [0.4, 0.5) is 0 Å². The highest BCUT2D eigenvalue weighted by atomic mass is 32.2. The lowest BCUT2D eigenvalue weighted by molar-refractivity contribution is -0.152. The molecular formula is C17H20N2O5S2. The number of thioether (sulfide) groups is 1. The lowest BCUT2D eigenvalue weighted by Gasteiger charge is -2.13. The Kier molecular flexibility index (Phi) is 5.98. The maximum atomic E-state index is 12.6. The number of fused-ring (bicyclic) bond motifs is 3. The van der Waals surface area contributed by atoms with Gasteiger partial charge in [-0.25, -0.2) is 4.98 Å². The Balaban J connectivity index is 1.94. The third-order valence-electron chi connectivity index (χ3n) is 4.03. The molecule has 0 saturated heterocycles. The van der Waals surface area contributed by atoms with E-state index < -0.39 is 17.2 Å². The number of ether oxygens (including phenoxy) is 2. The second kappa shape index (κ2) is 8.22. The van der Waals surface area contributed by atoms with Gasteiger partial charge in [-0.1, -0.05) is 11.8 Å². The van der Waals surface area contributed by atoms with Gasteiger partial charge in [0.1, 0.15) is 4.83 Å². The number of hydrogen-bond donors (Lipinski definition) is 1. The van der Waals surface area contributed by atoms with Gasteiger partial charge in [0.15, 0.2) is 5.16 Å². The van der Waals surface area contributed by atoms with E-state index in [-0.39, 0.29) is 23.9 Å². The van der Waals surface area contributed by atoms with Gasteiger partial charge in [-0.3, -0.25) is 14.4 Å². The van der Waals surface area contributed by atoms with Gasteiger partial charge in [-0.05, 0) is 45.1 Å². The van der Waals surface area contributed by atoms with Crippen LogP contribution in [0.3, 0.4) is 0 Å². The highest BCUT2D eigenvalue weighted by Crippen LogP contribution is 2.34.